The summed E-state index contributed by atoms with van der Waals surface area (Å²) in [6.45, 7) is 4.23. The summed E-state index contributed by atoms with van der Waals surface area (Å²) >= 11 is 0. The van der Waals surface area contributed by atoms with E-state index in [2.05, 4.69) is 30.4 Å². The van der Waals surface area contributed by atoms with Crippen molar-refractivity contribution in [2.24, 2.45) is 7.05 Å². The number of aromatic nitrogens is 8. The maximum Gasteiger partial charge on any atom is 0.219 e. The first kappa shape index (κ1) is 22.8. The van der Waals surface area contributed by atoms with Crippen molar-refractivity contribution in [3.63, 3.8) is 0 Å². The molecule has 37 heavy (non-hydrogen) atoms. The number of rotatable bonds is 5. The first-order valence-electron chi connectivity index (χ1n) is 12.1. The normalized spacial score (nSPS) is 15.4. The van der Waals surface area contributed by atoms with Crippen molar-refractivity contribution in [3.05, 3.63) is 60.0 Å². The number of carbonyl (C=O) groups excluding carboxylic acids is 1. The number of hydrogen-bond donors (Lipinski definition) is 1. The van der Waals surface area contributed by atoms with E-state index in [9.17, 15) is 4.79 Å². The van der Waals surface area contributed by atoms with Crippen LogP contribution in [0.1, 0.15) is 37.1 Å². The lowest BCUT2D eigenvalue weighted by molar-refractivity contribution is -0.129. The molecule has 1 unspecified atom stereocenters. The predicted octanol–water partition coefficient (Wildman–Crippen LogP) is 3.99. The number of aryl methyl sites for hydroxylation is 2. The molecule has 1 aliphatic rings. The molecule has 0 spiro atoms. The number of hydrogen-bond acceptors (Lipinski definition) is 8. The SMILES string of the molecule is CC(=O)N1CCCC1c1cc2[nH]c(-c3cnc(C)cn3)nc2cc1Oc1ccc(-c2nnn(C)n2)cc1. The highest BCUT2D eigenvalue weighted by Crippen LogP contribution is 2.41. The van der Waals surface area contributed by atoms with Gasteiger partial charge in [-0.3, -0.25) is 9.78 Å². The maximum atomic E-state index is 12.4. The van der Waals surface area contributed by atoms with Crippen LogP contribution in [0.5, 0.6) is 11.5 Å². The Bertz CT molecular complexity index is 1590. The number of amides is 1. The van der Waals surface area contributed by atoms with Gasteiger partial charge in [0.2, 0.25) is 11.7 Å². The summed E-state index contributed by atoms with van der Waals surface area (Å²) in [5.74, 6) is 2.53. The molecule has 1 atom stereocenters. The van der Waals surface area contributed by atoms with Gasteiger partial charge in [0, 0.05) is 36.9 Å². The van der Waals surface area contributed by atoms with Gasteiger partial charge in [-0.25, -0.2) is 9.97 Å². The fourth-order valence-electron chi connectivity index (χ4n) is 4.70. The molecule has 1 fully saturated rings. The fraction of sp³-hybridized carbons (Fsp3) is 0.269. The van der Waals surface area contributed by atoms with Crippen LogP contribution in [0.3, 0.4) is 0 Å². The average molecular weight is 496 g/mol. The van der Waals surface area contributed by atoms with Crippen LogP contribution in [-0.2, 0) is 11.8 Å². The van der Waals surface area contributed by atoms with Crippen molar-refractivity contribution in [1.82, 2.24) is 45.0 Å². The largest absolute Gasteiger partial charge is 0.457 e. The molecular formula is C26H25N9O2. The van der Waals surface area contributed by atoms with Crippen molar-refractivity contribution < 1.29 is 9.53 Å². The molecule has 3 aromatic heterocycles. The lowest BCUT2D eigenvalue weighted by Crippen LogP contribution is -2.28. The van der Waals surface area contributed by atoms with Gasteiger partial charge in [0.15, 0.2) is 5.82 Å². The molecule has 11 nitrogen and oxygen atoms in total. The number of aromatic amines is 1. The van der Waals surface area contributed by atoms with Crippen LogP contribution in [-0.4, -0.2) is 57.5 Å². The van der Waals surface area contributed by atoms with Gasteiger partial charge in [-0.1, -0.05) is 0 Å². The summed E-state index contributed by atoms with van der Waals surface area (Å²) in [5.41, 5.74) is 4.86. The van der Waals surface area contributed by atoms with Crippen LogP contribution in [0.2, 0.25) is 0 Å². The monoisotopic (exact) mass is 495 g/mol. The van der Waals surface area contributed by atoms with Gasteiger partial charge in [0.05, 0.1) is 36.0 Å². The van der Waals surface area contributed by atoms with Gasteiger partial charge in [-0.15, -0.1) is 10.2 Å². The lowest BCUT2D eigenvalue weighted by Gasteiger charge is -2.25. The lowest BCUT2D eigenvalue weighted by atomic mass is 10.0. The van der Waals surface area contributed by atoms with Crippen LogP contribution in [0.15, 0.2) is 48.8 Å². The van der Waals surface area contributed by atoms with Crippen LogP contribution in [0.25, 0.3) is 33.9 Å². The topological polar surface area (TPSA) is 128 Å². The Morgan fingerprint density at radius 3 is 2.68 bits per heavy atom. The Morgan fingerprint density at radius 2 is 1.97 bits per heavy atom. The zero-order valence-electron chi connectivity index (χ0n) is 20.7. The molecule has 5 aromatic rings. The molecule has 11 heteroatoms. The molecule has 1 N–H and O–H groups in total. The summed E-state index contributed by atoms with van der Waals surface area (Å²) in [7, 11) is 1.73. The average Bonchev–Trinajstić information content (AvgIpc) is 3.64. The third kappa shape index (κ3) is 4.39. The maximum absolute atomic E-state index is 12.4. The molecule has 1 amide bonds. The van der Waals surface area contributed by atoms with E-state index in [4.69, 9.17) is 9.72 Å². The number of nitrogens with one attached hydrogen (secondary N) is 1. The zero-order valence-corrected chi connectivity index (χ0v) is 20.7. The third-order valence-corrected chi connectivity index (χ3v) is 6.50. The molecule has 0 bridgehead atoms. The van der Waals surface area contributed by atoms with Crippen LogP contribution >= 0.6 is 0 Å². The second-order valence-electron chi connectivity index (χ2n) is 9.13. The highest BCUT2D eigenvalue weighted by molar-refractivity contribution is 5.82. The molecule has 1 saturated heterocycles. The molecule has 0 saturated carbocycles. The van der Waals surface area contributed by atoms with E-state index < -0.39 is 0 Å². The van der Waals surface area contributed by atoms with Crippen molar-refractivity contribution >= 4 is 16.9 Å². The van der Waals surface area contributed by atoms with E-state index in [1.54, 1.807) is 26.4 Å². The Morgan fingerprint density at radius 1 is 1.14 bits per heavy atom. The van der Waals surface area contributed by atoms with Gasteiger partial charge in [-0.05, 0) is 55.3 Å². The third-order valence-electron chi connectivity index (χ3n) is 6.50. The highest BCUT2D eigenvalue weighted by atomic mass is 16.5. The van der Waals surface area contributed by atoms with Crippen molar-refractivity contribution in [2.45, 2.75) is 32.7 Å². The minimum Gasteiger partial charge on any atom is -0.457 e. The summed E-state index contributed by atoms with van der Waals surface area (Å²) in [4.78, 5) is 32.6. The molecule has 2 aromatic carbocycles. The van der Waals surface area contributed by atoms with Gasteiger partial charge in [0.1, 0.15) is 17.2 Å². The van der Waals surface area contributed by atoms with Gasteiger partial charge in [-0.2, -0.15) is 4.80 Å². The molecule has 4 heterocycles. The first-order chi connectivity index (χ1) is 17.9. The van der Waals surface area contributed by atoms with Crippen LogP contribution in [0.4, 0.5) is 0 Å². The summed E-state index contributed by atoms with van der Waals surface area (Å²) in [5, 5.41) is 12.2. The Kier molecular flexibility index (Phi) is 5.59. The van der Waals surface area contributed by atoms with Crippen molar-refractivity contribution in [3.8, 4) is 34.4 Å². The predicted molar refractivity (Wildman–Crippen MR) is 136 cm³/mol. The Balaban J connectivity index is 1.40. The molecule has 6 rings (SSSR count). The molecule has 0 aliphatic carbocycles. The zero-order chi connectivity index (χ0) is 25.5. The highest BCUT2D eigenvalue weighted by Gasteiger charge is 2.31. The minimum absolute atomic E-state index is 0.0506. The number of tetrazole rings is 1. The number of nitrogens with zero attached hydrogens (tertiary/aromatic N) is 8. The van der Waals surface area contributed by atoms with Gasteiger partial charge < -0.3 is 14.6 Å². The van der Waals surface area contributed by atoms with E-state index in [0.717, 1.165) is 47.2 Å². The number of fused-ring (bicyclic) bond motifs is 1. The van der Waals surface area contributed by atoms with Crippen LogP contribution in [0, 0.1) is 6.92 Å². The fourth-order valence-corrected chi connectivity index (χ4v) is 4.70. The Hall–Kier alpha value is -4.67. The summed E-state index contributed by atoms with van der Waals surface area (Å²) in [6.07, 6.45) is 5.22. The molecule has 186 valence electrons. The number of benzene rings is 2. The molecule has 0 radical (unpaired) electrons. The van der Waals surface area contributed by atoms with Gasteiger partial charge >= 0.3 is 0 Å². The number of imidazole rings is 1. The Labute approximate surface area is 212 Å². The van der Waals surface area contributed by atoms with E-state index in [-0.39, 0.29) is 11.9 Å². The minimum atomic E-state index is -0.0779. The molecular weight excluding hydrogens is 470 g/mol. The number of carbonyl (C=O) groups is 1. The quantitative estimate of drug-likeness (QED) is 0.388. The van der Waals surface area contributed by atoms with Crippen LogP contribution < -0.4 is 4.74 Å². The van der Waals surface area contributed by atoms with E-state index in [1.807, 2.05) is 48.2 Å². The second-order valence-corrected chi connectivity index (χ2v) is 9.13. The van der Waals surface area contributed by atoms with Gasteiger partial charge in [0.25, 0.3) is 0 Å². The van der Waals surface area contributed by atoms with Crippen molar-refractivity contribution in [2.75, 3.05) is 6.54 Å². The number of H-pyrrole nitrogens is 1. The summed E-state index contributed by atoms with van der Waals surface area (Å²) < 4.78 is 6.40. The van der Waals surface area contributed by atoms with Crippen molar-refractivity contribution in [1.29, 1.82) is 0 Å². The second kappa shape index (κ2) is 9.08. The number of likely N-dealkylation sites (tertiary alicyclic amines) is 1. The van der Waals surface area contributed by atoms with E-state index in [1.165, 1.54) is 4.80 Å². The van der Waals surface area contributed by atoms with E-state index >= 15 is 0 Å². The standard InChI is InChI=1S/C26H25N9O2/c1-15-13-28-22(14-27-15)26-29-20-11-19(23-5-4-10-35(23)16(2)36)24(12-21(20)30-26)37-18-8-6-17(7-9-18)25-31-33-34(3)32-25/h6-9,11-14,23H,4-5,10H2,1-3H3,(H,29,30). The smallest absolute Gasteiger partial charge is 0.219 e. The summed E-state index contributed by atoms with van der Waals surface area (Å²) in [6, 6.07) is 11.4. The van der Waals surface area contributed by atoms with E-state index in [0.29, 0.717) is 28.8 Å². The molecule has 1 aliphatic heterocycles. The number of ether oxygens (including phenoxy) is 1. The first-order valence-corrected chi connectivity index (χ1v) is 12.1.